The highest BCUT2D eigenvalue weighted by molar-refractivity contribution is 5.97. The van der Waals surface area contributed by atoms with Crippen molar-refractivity contribution < 1.29 is 24.1 Å². The van der Waals surface area contributed by atoms with Crippen molar-refractivity contribution in [3.05, 3.63) is 88.2 Å². The van der Waals surface area contributed by atoms with Crippen LogP contribution in [0.25, 0.3) is 11.4 Å². The van der Waals surface area contributed by atoms with Crippen LogP contribution in [0.3, 0.4) is 0 Å². The molecule has 3 aromatic carbocycles. The zero-order valence-corrected chi connectivity index (χ0v) is 19.3. The lowest BCUT2D eigenvalue weighted by Gasteiger charge is -2.16. The lowest BCUT2D eigenvalue weighted by Crippen LogP contribution is -2.04. The SMILES string of the molecule is CCCc1c(OCc2ccc(C(O)c3ccc(F)c(-c4nn[nH]n4)c3)cc2)ccc(C(C)=O)c1O. The molecule has 4 aromatic rings. The summed E-state index contributed by atoms with van der Waals surface area (Å²) in [6.45, 7) is 3.64. The van der Waals surface area contributed by atoms with E-state index in [1.165, 1.54) is 25.1 Å². The number of phenolic OH excluding ortho intramolecular Hbond substituents is 1. The molecule has 0 saturated heterocycles. The first kappa shape index (κ1) is 24.0. The third kappa shape index (κ3) is 5.20. The summed E-state index contributed by atoms with van der Waals surface area (Å²) in [6.07, 6.45) is 0.385. The maximum absolute atomic E-state index is 14.2. The van der Waals surface area contributed by atoms with E-state index >= 15 is 0 Å². The van der Waals surface area contributed by atoms with Crippen LogP contribution in [-0.4, -0.2) is 36.6 Å². The molecule has 0 bridgehead atoms. The molecule has 0 amide bonds. The van der Waals surface area contributed by atoms with Crippen LogP contribution in [0.1, 0.15) is 59.0 Å². The molecule has 9 heteroatoms. The molecular weight excluding hydrogens is 451 g/mol. The summed E-state index contributed by atoms with van der Waals surface area (Å²) in [6, 6.07) is 14.7. The quantitative estimate of drug-likeness (QED) is 0.304. The Labute approximate surface area is 201 Å². The Kier molecular flexibility index (Phi) is 7.17. The molecule has 0 aliphatic carbocycles. The molecule has 0 aliphatic rings. The van der Waals surface area contributed by atoms with Crippen LogP contribution in [0.5, 0.6) is 11.5 Å². The molecular formula is C26H25FN4O4. The summed E-state index contributed by atoms with van der Waals surface area (Å²) in [5.74, 6) is -0.117. The van der Waals surface area contributed by atoms with Gasteiger partial charge in [-0.3, -0.25) is 4.79 Å². The molecule has 0 aliphatic heterocycles. The maximum atomic E-state index is 14.2. The number of halogens is 1. The smallest absolute Gasteiger partial charge is 0.207 e. The molecule has 0 radical (unpaired) electrons. The van der Waals surface area contributed by atoms with E-state index in [9.17, 15) is 19.4 Å². The minimum absolute atomic E-state index is 0.0326. The minimum atomic E-state index is -0.983. The van der Waals surface area contributed by atoms with Gasteiger partial charge in [-0.25, -0.2) is 4.39 Å². The lowest BCUT2D eigenvalue weighted by atomic mass is 9.98. The summed E-state index contributed by atoms with van der Waals surface area (Å²) in [7, 11) is 0. The Morgan fingerprint density at radius 3 is 2.51 bits per heavy atom. The van der Waals surface area contributed by atoms with E-state index in [1.54, 1.807) is 24.3 Å². The number of hydrogen-bond acceptors (Lipinski definition) is 7. The predicted octanol–water partition coefficient (Wildman–Crippen LogP) is 4.53. The fourth-order valence-corrected chi connectivity index (χ4v) is 3.84. The third-order valence-corrected chi connectivity index (χ3v) is 5.70. The zero-order chi connectivity index (χ0) is 24.9. The average molecular weight is 477 g/mol. The first-order chi connectivity index (χ1) is 16.9. The van der Waals surface area contributed by atoms with Crippen LogP contribution >= 0.6 is 0 Å². The number of aromatic amines is 1. The number of hydrogen-bond donors (Lipinski definition) is 3. The molecule has 0 spiro atoms. The van der Waals surface area contributed by atoms with Crippen LogP contribution in [0.2, 0.25) is 0 Å². The normalized spacial score (nSPS) is 11.9. The molecule has 180 valence electrons. The van der Waals surface area contributed by atoms with Crippen molar-refractivity contribution in [2.24, 2.45) is 0 Å². The number of aliphatic hydroxyl groups is 1. The Balaban J connectivity index is 1.49. The number of benzene rings is 3. The van der Waals surface area contributed by atoms with Crippen molar-refractivity contribution in [1.82, 2.24) is 20.6 Å². The number of nitrogens with zero attached hydrogens (tertiary/aromatic N) is 3. The van der Waals surface area contributed by atoms with Crippen molar-refractivity contribution in [1.29, 1.82) is 0 Å². The van der Waals surface area contributed by atoms with Gasteiger partial charge >= 0.3 is 0 Å². The lowest BCUT2D eigenvalue weighted by molar-refractivity contribution is 0.101. The molecule has 8 nitrogen and oxygen atoms in total. The van der Waals surface area contributed by atoms with Crippen LogP contribution in [0.15, 0.2) is 54.6 Å². The highest BCUT2D eigenvalue weighted by Gasteiger charge is 2.18. The third-order valence-electron chi connectivity index (χ3n) is 5.70. The topological polar surface area (TPSA) is 121 Å². The van der Waals surface area contributed by atoms with Crippen molar-refractivity contribution in [2.45, 2.75) is 39.4 Å². The highest BCUT2D eigenvalue weighted by atomic mass is 19.1. The van der Waals surface area contributed by atoms with E-state index in [0.29, 0.717) is 28.9 Å². The van der Waals surface area contributed by atoms with E-state index in [4.69, 9.17) is 4.74 Å². The fourth-order valence-electron chi connectivity index (χ4n) is 3.84. The first-order valence-corrected chi connectivity index (χ1v) is 11.2. The second kappa shape index (κ2) is 10.4. The number of H-pyrrole nitrogens is 1. The summed E-state index contributed by atoms with van der Waals surface area (Å²) in [5.41, 5.74) is 2.99. The Hall–Kier alpha value is -4.11. The van der Waals surface area contributed by atoms with E-state index in [1.807, 2.05) is 19.1 Å². The second-order valence-electron chi connectivity index (χ2n) is 8.15. The van der Waals surface area contributed by atoms with Gasteiger partial charge < -0.3 is 14.9 Å². The molecule has 1 atom stereocenters. The fraction of sp³-hybridized carbons (Fsp3) is 0.231. The van der Waals surface area contributed by atoms with E-state index in [0.717, 1.165) is 12.0 Å². The van der Waals surface area contributed by atoms with Gasteiger partial charge in [-0.1, -0.05) is 43.7 Å². The van der Waals surface area contributed by atoms with E-state index < -0.39 is 11.9 Å². The number of carbonyl (C=O) groups excluding carboxylic acids is 1. The molecule has 1 unspecified atom stereocenters. The standard InChI is InChI=1S/C26H25FN4O4/c1-3-4-20-23(12-10-19(15(2)32)25(20)34)35-14-16-5-7-17(8-6-16)24(33)18-9-11-22(27)21(13-18)26-28-30-31-29-26/h5-13,24,33-34H,3-4,14H2,1-2H3,(H,28,29,30,31). The summed E-state index contributed by atoms with van der Waals surface area (Å²) < 4.78 is 20.1. The number of rotatable bonds is 9. The molecule has 0 fully saturated rings. The number of ether oxygens (including phenoxy) is 1. The number of aromatic nitrogens is 4. The van der Waals surface area contributed by atoms with Crippen LogP contribution in [-0.2, 0) is 13.0 Å². The van der Waals surface area contributed by atoms with Crippen molar-refractivity contribution >= 4 is 5.78 Å². The number of nitrogens with one attached hydrogen (secondary N) is 1. The molecule has 4 rings (SSSR count). The summed E-state index contributed by atoms with van der Waals surface area (Å²) in [5, 5.41) is 34.7. The monoisotopic (exact) mass is 476 g/mol. The molecule has 1 heterocycles. The van der Waals surface area contributed by atoms with Gasteiger partial charge in [0, 0.05) is 5.56 Å². The van der Waals surface area contributed by atoms with E-state index in [-0.39, 0.29) is 35.1 Å². The number of tetrazole rings is 1. The number of aliphatic hydroxyl groups excluding tert-OH is 1. The minimum Gasteiger partial charge on any atom is -0.507 e. The van der Waals surface area contributed by atoms with Crippen LogP contribution in [0.4, 0.5) is 4.39 Å². The van der Waals surface area contributed by atoms with Gasteiger partial charge in [0.25, 0.3) is 0 Å². The van der Waals surface area contributed by atoms with Gasteiger partial charge in [0.05, 0.1) is 11.1 Å². The van der Waals surface area contributed by atoms with Gasteiger partial charge in [0.2, 0.25) is 5.82 Å². The van der Waals surface area contributed by atoms with Crippen LogP contribution in [0, 0.1) is 5.82 Å². The highest BCUT2D eigenvalue weighted by Crippen LogP contribution is 2.33. The Bertz CT molecular complexity index is 1320. The summed E-state index contributed by atoms with van der Waals surface area (Å²) in [4.78, 5) is 11.7. The average Bonchev–Trinajstić information content (AvgIpc) is 3.39. The van der Waals surface area contributed by atoms with E-state index in [2.05, 4.69) is 20.6 Å². The number of ketones is 1. The van der Waals surface area contributed by atoms with Gasteiger partial charge in [-0.05, 0) is 59.5 Å². The first-order valence-electron chi connectivity index (χ1n) is 11.2. The zero-order valence-electron chi connectivity index (χ0n) is 19.3. The van der Waals surface area contributed by atoms with Crippen molar-refractivity contribution in [3.63, 3.8) is 0 Å². The molecule has 1 aromatic heterocycles. The largest absolute Gasteiger partial charge is 0.507 e. The number of aromatic hydroxyl groups is 1. The van der Waals surface area contributed by atoms with Crippen molar-refractivity contribution in [3.8, 4) is 22.9 Å². The van der Waals surface area contributed by atoms with Gasteiger partial charge in [0.15, 0.2) is 5.78 Å². The molecule has 3 N–H and O–H groups in total. The Morgan fingerprint density at radius 2 is 1.86 bits per heavy atom. The van der Waals surface area contributed by atoms with Crippen molar-refractivity contribution in [2.75, 3.05) is 0 Å². The summed E-state index contributed by atoms with van der Waals surface area (Å²) >= 11 is 0. The maximum Gasteiger partial charge on any atom is 0.207 e. The van der Waals surface area contributed by atoms with Gasteiger partial charge in [-0.15, -0.1) is 10.2 Å². The Morgan fingerprint density at radius 1 is 1.11 bits per heavy atom. The number of carbonyl (C=O) groups is 1. The number of phenols is 1. The van der Waals surface area contributed by atoms with Gasteiger partial charge in [0.1, 0.15) is 30.0 Å². The predicted molar refractivity (Wildman–Crippen MR) is 127 cm³/mol. The molecule has 35 heavy (non-hydrogen) atoms. The molecule has 0 saturated carbocycles. The number of Topliss-reactive ketones (excluding diaryl/α,β-unsaturated/α-hetero) is 1. The van der Waals surface area contributed by atoms with Gasteiger partial charge in [-0.2, -0.15) is 5.21 Å². The second-order valence-corrected chi connectivity index (χ2v) is 8.15. The van der Waals surface area contributed by atoms with Crippen LogP contribution < -0.4 is 4.74 Å².